The van der Waals surface area contributed by atoms with Crippen molar-refractivity contribution in [3.05, 3.63) is 22.4 Å². The van der Waals surface area contributed by atoms with Gasteiger partial charge in [0.2, 0.25) is 0 Å². The van der Waals surface area contributed by atoms with Gasteiger partial charge in [-0.05, 0) is 11.4 Å². The first-order valence-corrected chi connectivity index (χ1v) is 4.71. The van der Waals surface area contributed by atoms with Crippen LogP contribution in [0.3, 0.4) is 0 Å². The lowest BCUT2D eigenvalue weighted by Crippen LogP contribution is -2.31. The van der Waals surface area contributed by atoms with E-state index >= 15 is 0 Å². The molecule has 1 aromatic rings. The van der Waals surface area contributed by atoms with Gasteiger partial charge in [0.05, 0.1) is 10.9 Å². The number of thiophene rings is 1. The van der Waals surface area contributed by atoms with E-state index in [1.165, 1.54) is 11.3 Å². The second-order valence-corrected chi connectivity index (χ2v) is 3.44. The molecule has 0 bridgehead atoms. The van der Waals surface area contributed by atoms with Crippen LogP contribution >= 0.6 is 24.0 Å². The normalized spacial score (nSPS) is 12.9. The summed E-state index contributed by atoms with van der Waals surface area (Å²) in [4.78, 5) is 12.0. The van der Waals surface area contributed by atoms with E-state index in [0.29, 0.717) is 10.6 Å². The molecule has 0 aliphatic carbocycles. The summed E-state index contributed by atoms with van der Waals surface area (Å²) in [6, 6.07) is 3.15. The van der Waals surface area contributed by atoms with E-state index < -0.39 is 6.04 Å². The minimum Gasteiger partial charge on any atom is -0.320 e. The Kier molecular flexibility index (Phi) is 3.11. The molecular weight excluding hydrogens is 178 g/mol. The van der Waals surface area contributed by atoms with Gasteiger partial charge in [0.25, 0.3) is 0 Å². The molecule has 0 saturated carbocycles. The van der Waals surface area contributed by atoms with Crippen molar-refractivity contribution >= 4 is 29.7 Å². The van der Waals surface area contributed by atoms with Crippen molar-refractivity contribution < 1.29 is 4.79 Å². The van der Waals surface area contributed by atoms with Crippen LogP contribution in [0.25, 0.3) is 0 Å². The smallest absolute Gasteiger partial charge is 0.190 e. The van der Waals surface area contributed by atoms with Crippen LogP contribution < -0.4 is 5.73 Å². The van der Waals surface area contributed by atoms with Gasteiger partial charge in [-0.25, -0.2) is 0 Å². The highest BCUT2D eigenvalue weighted by molar-refractivity contribution is 7.80. The molecule has 0 saturated heterocycles. The van der Waals surface area contributed by atoms with Crippen molar-refractivity contribution in [3.63, 3.8) is 0 Å². The third-order valence-electron chi connectivity index (χ3n) is 1.30. The largest absolute Gasteiger partial charge is 0.320 e. The molecule has 11 heavy (non-hydrogen) atoms. The summed E-state index contributed by atoms with van der Waals surface area (Å²) in [5, 5.41) is 1.86. The molecule has 60 valence electrons. The van der Waals surface area contributed by atoms with Crippen LogP contribution in [0.2, 0.25) is 0 Å². The van der Waals surface area contributed by atoms with Gasteiger partial charge in [0.1, 0.15) is 0 Å². The Morgan fingerprint density at radius 2 is 2.55 bits per heavy atom. The van der Waals surface area contributed by atoms with Crippen LogP contribution in [0.15, 0.2) is 17.5 Å². The van der Waals surface area contributed by atoms with Crippen LogP contribution in [0.1, 0.15) is 9.67 Å². The van der Waals surface area contributed by atoms with Crippen molar-refractivity contribution in [2.75, 3.05) is 5.75 Å². The zero-order chi connectivity index (χ0) is 8.27. The Bertz CT molecular complexity index is 233. The van der Waals surface area contributed by atoms with Gasteiger partial charge < -0.3 is 5.73 Å². The predicted molar refractivity (Wildman–Crippen MR) is 50.5 cm³/mol. The van der Waals surface area contributed by atoms with Crippen molar-refractivity contribution in [3.8, 4) is 0 Å². The summed E-state index contributed by atoms with van der Waals surface area (Å²) >= 11 is 5.36. The average molecular weight is 187 g/mol. The maximum atomic E-state index is 11.3. The highest BCUT2D eigenvalue weighted by atomic mass is 32.1. The first-order chi connectivity index (χ1) is 5.25. The van der Waals surface area contributed by atoms with E-state index in [9.17, 15) is 4.79 Å². The Balaban J connectivity index is 2.70. The maximum absolute atomic E-state index is 11.3. The standard InChI is InChI=1S/C7H9NOS2/c8-5(4-10)7(9)6-2-1-3-11-6/h1-3,5,10H,4,8H2. The van der Waals surface area contributed by atoms with Gasteiger partial charge in [0.15, 0.2) is 5.78 Å². The zero-order valence-corrected chi connectivity index (χ0v) is 7.57. The molecule has 0 fully saturated rings. The number of carbonyl (C=O) groups is 1. The topological polar surface area (TPSA) is 43.1 Å². The summed E-state index contributed by atoms with van der Waals surface area (Å²) in [6.45, 7) is 0. The molecule has 2 N–H and O–H groups in total. The SMILES string of the molecule is NC(CS)C(=O)c1cccs1. The molecule has 1 unspecified atom stereocenters. The second kappa shape index (κ2) is 3.90. The lowest BCUT2D eigenvalue weighted by Gasteiger charge is -2.03. The Morgan fingerprint density at radius 1 is 1.82 bits per heavy atom. The second-order valence-electron chi connectivity index (χ2n) is 2.13. The van der Waals surface area contributed by atoms with E-state index in [1.807, 2.05) is 11.4 Å². The lowest BCUT2D eigenvalue weighted by molar-refractivity contribution is 0.0974. The molecule has 1 rings (SSSR count). The number of carbonyl (C=O) groups excluding carboxylic acids is 1. The molecule has 0 aliphatic heterocycles. The van der Waals surface area contributed by atoms with Gasteiger partial charge in [-0.15, -0.1) is 11.3 Å². The summed E-state index contributed by atoms with van der Waals surface area (Å²) < 4.78 is 0. The van der Waals surface area contributed by atoms with Crippen molar-refractivity contribution in [1.29, 1.82) is 0 Å². The Morgan fingerprint density at radius 3 is 3.00 bits per heavy atom. The fraction of sp³-hybridized carbons (Fsp3) is 0.286. The molecule has 2 nitrogen and oxygen atoms in total. The molecule has 1 aromatic heterocycles. The van der Waals surface area contributed by atoms with Crippen LogP contribution in [-0.4, -0.2) is 17.6 Å². The van der Waals surface area contributed by atoms with Crippen molar-refractivity contribution in [2.45, 2.75) is 6.04 Å². The van der Waals surface area contributed by atoms with Gasteiger partial charge in [0, 0.05) is 5.75 Å². The Labute approximate surface area is 74.8 Å². The van der Waals surface area contributed by atoms with Gasteiger partial charge >= 0.3 is 0 Å². The summed E-state index contributed by atoms with van der Waals surface area (Å²) in [7, 11) is 0. The maximum Gasteiger partial charge on any atom is 0.190 e. The molecule has 0 aromatic carbocycles. The molecule has 4 heteroatoms. The molecule has 0 aliphatic rings. The van der Waals surface area contributed by atoms with Crippen LogP contribution in [0.4, 0.5) is 0 Å². The van der Waals surface area contributed by atoms with E-state index in [4.69, 9.17) is 5.73 Å². The number of hydrogen-bond donors (Lipinski definition) is 2. The highest BCUT2D eigenvalue weighted by Gasteiger charge is 2.13. The molecule has 0 radical (unpaired) electrons. The van der Waals surface area contributed by atoms with E-state index in [-0.39, 0.29) is 5.78 Å². The van der Waals surface area contributed by atoms with Crippen molar-refractivity contribution in [1.82, 2.24) is 0 Å². The van der Waals surface area contributed by atoms with Crippen LogP contribution in [-0.2, 0) is 0 Å². The fourth-order valence-corrected chi connectivity index (χ4v) is 1.58. The Hall–Kier alpha value is -0.320. The molecule has 1 heterocycles. The third kappa shape index (κ3) is 2.05. The first-order valence-electron chi connectivity index (χ1n) is 3.20. The van der Waals surface area contributed by atoms with E-state index in [0.717, 1.165) is 0 Å². The number of Topliss-reactive ketones (excluding diaryl/α,β-unsaturated/α-hetero) is 1. The number of ketones is 1. The molecule has 0 amide bonds. The predicted octanol–water partition coefficient (Wildman–Crippen LogP) is 1.19. The lowest BCUT2D eigenvalue weighted by atomic mass is 10.2. The van der Waals surface area contributed by atoms with Crippen LogP contribution in [0, 0.1) is 0 Å². The van der Waals surface area contributed by atoms with Gasteiger partial charge in [-0.1, -0.05) is 6.07 Å². The number of nitrogens with two attached hydrogens (primary N) is 1. The number of rotatable bonds is 3. The third-order valence-corrected chi connectivity index (χ3v) is 2.58. The quantitative estimate of drug-likeness (QED) is 0.551. The van der Waals surface area contributed by atoms with Crippen molar-refractivity contribution in [2.24, 2.45) is 5.73 Å². The first kappa shape index (κ1) is 8.77. The zero-order valence-electron chi connectivity index (χ0n) is 5.86. The van der Waals surface area contributed by atoms with E-state index in [1.54, 1.807) is 6.07 Å². The average Bonchev–Trinajstić information content (AvgIpc) is 2.53. The molecule has 0 spiro atoms. The molecular formula is C7H9NOS2. The fourth-order valence-electron chi connectivity index (χ4n) is 0.684. The minimum atomic E-state index is -0.461. The summed E-state index contributed by atoms with van der Waals surface area (Å²) in [5.74, 6) is 0.381. The number of thiol groups is 1. The summed E-state index contributed by atoms with van der Waals surface area (Å²) in [6.07, 6.45) is 0. The summed E-state index contributed by atoms with van der Waals surface area (Å²) in [5.41, 5.74) is 5.49. The van der Waals surface area contributed by atoms with Gasteiger partial charge in [-0.3, -0.25) is 4.79 Å². The monoisotopic (exact) mass is 187 g/mol. The van der Waals surface area contributed by atoms with Crippen LogP contribution in [0.5, 0.6) is 0 Å². The molecule has 1 atom stereocenters. The van der Waals surface area contributed by atoms with E-state index in [2.05, 4.69) is 12.6 Å². The number of hydrogen-bond acceptors (Lipinski definition) is 4. The minimum absolute atomic E-state index is 0.0185. The highest BCUT2D eigenvalue weighted by Crippen LogP contribution is 2.10. The van der Waals surface area contributed by atoms with Gasteiger partial charge in [-0.2, -0.15) is 12.6 Å².